The average molecular weight is 552 g/mol. The first-order valence-corrected chi connectivity index (χ1v) is 12.8. The van der Waals surface area contributed by atoms with Crippen molar-refractivity contribution < 1.29 is 26.7 Å². The molecule has 5 aromatic rings. The first kappa shape index (κ1) is 26.1. The third-order valence-corrected chi connectivity index (χ3v) is 6.93. The van der Waals surface area contributed by atoms with Crippen LogP contribution in [0.15, 0.2) is 65.3 Å². The molecule has 1 fully saturated rings. The first-order valence-electron chi connectivity index (χ1n) is 12.8. The molecule has 0 saturated carbocycles. The number of ether oxygens (including phenoxy) is 1. The number of nitrogens with zero attached hydrogens (tertiary/aromatic N) is 4. The molecular formula is C29H25F4N5O2. The van der Waals surface area contributed by atoms with Crippen molar-refractivity contribution in [3.05, 3.63) is 77.9 Å². The van der Waals surface area contributed by atoms with Gasteiger partial charge in [-0.3, -0.25) is 0 Å². The Labute approximate surface area is 226 Å². The number of fused-ring (bicyclic) bond motifs is 1. The second kappa shape index (κ2) is 10.5. The monoisotopic (exact) mass is 551 g/mol. The highest BCUT2D eigenvalue weighted by Crippen LogP contribution is 2.39. The Balaban J connectivity index is 1.36. The Hall–Kier alpha value is -4.09. The van der Waals surface area contributed by atoms with Gasteiger partial charge in [-0.1, -0.05) is 18.2 Å². The average Bonchev–Trinajstić information content (AvgIpc) is 3.69. The van der Waals surface area contributed by atoms with Gasteiger partial charge in [0.05, 0.1) is 6.10 Å². The number of aromatic nitrogens is 4. The molecule has 206 valence electrons. The van der Waals surface area contributed by atoms with Crippen LogP contribution in [0.3, 0.4) is 0 Å². The molecule has 3 heterocycles. The van der Waals surface area contributed by atoms with Crippen molar-refractivity contribution in [1.29, 1.82) is 0 Å². The Morgan fingerprint density at radius 3 is 2.65 bits per heavy atom. The number of hydrogen-bond donors (Lipinski definition) is 1. The number of alkyl halides is 3. The van der Waals surface area contributed by atoms with E-state index >= 15 is 0 Å². The predicted molar refractivity (Wildman–Crippen MR) is 141 cm³/mol. The van der Waals surface area contributed by atoms with E-state index in [1.54, 1.807) is 41.9 Å². The van der Waals surface area contributed by atoms with E-state index in [0.717, 1.165) is 18.9 Å². The summed E-state index contributed by atoms with van der Waals surface area (Å²) in [6.07, 6.45) is -1.11. The lowest BCUT2D eigenvalue weighted by atomic mass is 9.97. The highest BCUT2D eigenvalue weighted by Gasteiger charge is 2.35. The van der Waals surface area contributed by atoms with Crippen LogP contribution in [0.2, 0.25) is 0 Å². The van der Waals surface area contributed by atoms with Crippen molar-refractivity contribution in [2.24, 2.45) is 7.05 Å². The Kier molecular flexibility index (Phi) is 6.85. The maximum Gasteiger partial charge on any atom is 0.420 e. The van der Waals surface area contributed by atoms with Crippen molar-refractivity contribution in [2.45, 2.75) is 31.7 Å². The van der Waals surface area contributed by atoms with Crippen LogP contribution in [0.4, 0.5) is 17.6 Å². The molecule has 0 radical (unpaired) electrons. The van der Waals surface area contributed by atoms with Crippen molar-refractivity contribution in [1.82, 2.24) is 25.1 Å². The molecule has 0 amide bonds. The van der Waals surface area contributed by atoms with Crippen LogP contribution < -0.4 is 5.32 Å². The molecule has 6 rings (SSSR count). The molecule has 0 unspecified atom stereocenters. The van der Waals surface area contributed by atoms with Crippen molar-refractivity contribution in [3.8, 4) is 34.0 Å². The zero-order valence-electron chi connectivity index (χ0n) is 21.5. The summed E-state index contributed by atoms with van der Waals surface area (Å²) in [5, 5.41) is 11.2. The highest BCUT2D eigenvalue weighted by atomic mass is 19.4. The molecule has 0 bridgehead atoms. The lowest BCUT2D eigenvalue weighted by Crippen LogP contribution is -2.25. The minimum Gasteiger partial charge on any atom is -0.435 e. The van der Waals surface area contributed by atoms with Gasteiger partial charge in [0.2, 0.25) is 5.89 Å². The number of aryl methyl sites for hydroxylation is 1. The summed E-state index contributed by atoms with van der Waals surface area (Å²) in [5.74, 6) is 0.0870. The third kappa shape index (κ3) is 5.22. The smallest absolute Gasteiger partial charge is 0.420 e. The third-order valence-electron chi connectivity index (χ3n) is 6.93. The lowest BCUT2D eigenvalue weighted by Gasteiger charge is -2.12. The van der Waals surface area contributed by atoms with Gasteiger partial charge in [0, 0.05) is 37.9 Å². The number of halogens is 4. The molecule has 40 heavy (non-hydrogen) atoms. The summed E-state index contributed by atoms with van der Waals surface area (Å²) in [4.78, 5) is 4.43. The molecular weight excluding hydrogens is 526 g/mol. The number of oxazole rings is 1. The molecule has 2 aromatic heterocycles. The summed E-state index contributed by atoms with van der Waals surface area (Å²) in [6, 6.07) is 14.1. The normalized spacial score (nSPS) is 15.8. The van der Waals surface area contributed by atoms with Crippen LogP contribution in [0, 0.1) is 5.82 Å². The minimum atomic E-state index is -4.62. The van der Waals surface area contributed by atoms with Gasteiger partial charge in [-0.2, -0.15) is 13.2 Å². The lowest BCUT2D eigenvalue weighted by molar-refractivity contribution is -0.136. The molecule has 1 aliphatic heterocycles. The maximum absolute atomic E-state index is 14.2. The standard InChI is InChI=1S/C29H25F4N5O2/c1-38-16-35-37-27(38)23-13-20(30)7-8-22(23)18-4-2-5-19(12-18)28-36-25-11-17(14-34-15-21-6-3-9-39-21)10-24(26(25)40-28)29(31,32)33/h2,4-5,7-8,10-13,16,21,34H,3,6,9,14-15H2,1H3/t21-/m1/s1. The van der Waals surface area contributed by atoms with Gasteiger partial charge < -0.3 is 19.0 Å². The van der Waals surface area contributed by atoms with Crippen LogP contribution in [-0.4, -0.2) is 39.0 Å². The largest absolute Gasteiger partial charge is 0.435 e. The number of hydrogen-bond acceptors (Lipinski definition) is 6. The molecule has 0 aliphatic carbocycles. The van der Waals surface area contributed by atoms with E-state index in [9.17, 15) is 17.6 Å². The fourth-order valence-electron chi connectivity index (χ4n) is 5.01. The van der Waals surface area contributed by atoms with Crippen LogP contribution in [-0.2, 0) is 24.5 Å². The molecule has 7 nitrogen and oxygen atoms in total. The SMILES string of the molecule is Cn1cnnc1-c1cc(F)ccc1-c1cccc(-c2nc3cc(CNC[C@H]4CCCO4)cc(C(F)(F)F)c3o2)c1. The van der Waals surface area contributed by atoms with Crippen LogP contribution in [0.5, 0.6) is 0 Å². The highest BCUT2D eigenvalue weighted by molar-refractivity contribution is 5.84. The van der Waals surface area contributed by atoms with Gasteiger partial charge in [0.15, 0.2) is 11.4 Å². The van der Waals surface area contributed by atoms with Gasteiger partial charge >= 0.3 is 6.18 Å². The summed E-state index contributed by atoms with van der Waals surface area (Å²) >= 11 is 0. The van der Waals surface area contributed by atoms with Crippen LogP contribution in [0.1, 0.15) is 24.0 Å². The molecule has 1 saturated heterocycles. The van der Waals surface area contributed by atoms with Crippen LogP contribution in [0.25, 0.3) is 45.1 Å². The van der Waals surface area contributed by atoms with Gasteiger partial charge in [-0.05, 0) is 65.9 Å². The predicted octanol–water partition coefficient (Wildman–Crippen LogP) is 6.38. The molecule has 3 aromatic carbocycles. The first-order chi connectivity index (χ1) is 19.3. The van der Waals surface area contributed by atoms with Gasteiger partial charge in [0.1, 0.15) is 23.2 Å². The summed E-state index contributed by atoms with van der Waals surface area (Å²) in [5.41, 5.74) is 1.73. The summed E-state index contributed by atoms with van der Waals surface area (Å²) in [7, 11) is 1.75. The maximum atomic E-state index is 14.2. The van der Waals surface area contributed by atoms with E-state index in [-0.39, 0.29) is 29.6 Å². The number of rotatable bonds is 7. The molecule has 1 N–H and O–H groups in total. The fourth-order valence-corrected chi connectivity index (χ4v) is 5.01. The minimum absolute atomic E-state index is 0.0501. The van der Waals surface area contributed by atoms with Crippen molar-refractivity contribution in [2.75, 3.05) is 13.2 Å². The molecule has 0 spiro atoms. The summed E-state index contributed by atoms with van der Waals surface area (Å²) < 4.78 is 69.3. The van der Waals surface area contributed by atoms with Gasteiger partial charge in [-0.15, -0.1) is 10.2 Å². The number of nitrogens with one attached hydrogen (secondary N) is 1. The fraction of sp³-hybridized carbons (Fsp3) is 0.276. The Morgan fingerprint density at radius 1 is 1.05 bits per heavy atom. The molecule has 1 atom stereocenters. The van der Waals surface area contributed by atoms with Crippen molar-refractivity contribution >= 4 is 11.1 Å². The van der Waals surface area contributed by atoms with E-state index in [1.807, 2.05) is 6.07 Å². The second-order valence-corrected chi connectivity index (χ2v) is 9.81. The summed E-state index contributed by atoms with van der Waals surface area (Å²) in [6.45, 7) is 1.52. The van der Waals surface area contributed by atoms with E-state index in [1.165, 1.54) is 18.5 Å². The van der Waals surface area contributed by atoms with E-state index in [2.05, 4.69) is 20.5 Å². The van der Waals surface area contributed by atoms with Gasteiger partial charge in [-0.25, -0.2) is 9.37 Å². The molecule has 11 heteroatoms. The number of benzene rings is 3. The second-order valence-electron chi connectivity index (χ2n) is 9.81. The topological polar surface area (TPSA) is 78.0 Å². The quantitative estimate of drug-likeness (QED) is 0.237. The van der Waals surface area contributed by atoms with E-state index in [0.29, 0.717) is 46.8 Å². The Bertz CT molecular complexity index is 1670. The zero-order valence-corrected chi connectivity index (χ0v) is 21.5. The van der Waals surface area contributed by atoms with Crippen molar-refractivity contribution in [3.63, 3.8) is 0 Å². The van der Waals surface area contributed by atoms with Crippen LogP contribution >= 0.6 is 0 Å². The molecule has 1 aliphatic rings. The Morgan fingerprint density at radius 2 is 1.90 bits per heavy atom. The van der Waals surface area contributed by atoms with E-state index < -0.39 is 17.6 Å². The zero-order chi connectivity index (χ0) is 27.9. The van der Waals surface area contributed by atoms with Gasteiger partial charge in [0.25, 0.3) is 0 Å². The van der Waals surface area contributed by atoms with E-state index in [4.69, 9.17) is 9.15 Å².